The molecule has 0 radical (unpaired) electrons. The molecule has 1 aromatic carbocycles. The van der Waals surface area contributed by atoms with Gasteiger partial charge < -0.3 is 10.0 Å². The number of nitrogens with zero attached hydrogens (tertiary/aromatic N) is 2. The summed E-state index contributed by atoms with van der Waals surface area (Å²) < 4.78 is 0. The first-order valence-electron chi connectivity index (χ1n) is 5.84. The van der Waals surface area contributed by atoms with E-state index >= 15 is 0 Å². The van der Waals surface area contributed by atoms with Crippen molar-refractivity contribution >= 4 is 17.3 Å². The number of carboxylic acids is 1. The van der Waals surface area contributed by atoms with Gasteiger partial charge in [0, 0.05) is 12.6 Å². The van der Waals surface area contributed by atoms with Crippen LogP contribution in [0.15, 0.2) is 24.3 Å². The van der Waals surface area contributed by atoms with Crippen LogP contribution in [0.25, 0.3) is 0 Å². The molecule has 6 nitrogen and oxygen atoms in total. The van der Waals surface area contributed by atoms with E-state index in [2.05, 4.69) is 0 Å². The van der Waals surface area contributed by atoms with Crippen LogP contribution in [0.5, 0.6) is 0 Å². The van der Waals surface area contributed by atoms with Crippen LogP contribution in [-0.4, -0.2) is 28.6 Å². The molecule has 0 spiro atoms. The van der Waals surface area contributed by atoms with Gasteiger partial charge in [-0.05, 0) is 25.3 Å². The fourth-order valence-electron chi connectivity index (χ4n) is 2.34. The van der Waals surface area contributed by atoms with Crippen molar-refractivity contribution in [2.45, 2.75) is 25.3 Å². The standard InChI is InChI=1S/C12H14N2O4/c15-12(16)11-7-3-4-8-13(11)9-5-1-2-6-10(9)14(17)18/h1-2,5-6,11H,3-4,7-8H2,(H,15,16)/t11-/m0/s1. The number of carboxylic acid groups (broad SMARTS) is 1. The topological polar surface area (TPSA) is 83.7 Å². The fraction of sp³-hybridized carbons (Fsp3) is 0.417. The van der Waals surface area contributed by atoms with Crippen molar-refractivity contribution < 1.29 is 14.8 Å². The number of hydrogen-bond donors (Lipinski definition) is 1. The minimum absolute atomic E-state index is 0.0364. The van der Waals surface area contributed by atoms with Crippen molar-refractivity contribution in [1.82, 2.24) is 0 Å². The van der Waals surface area contributed by atoms with Crippen LogP contribution in [0.4, 0.5) is 11.4 Å². The van der Waals surface area contributed by atoms with Crippen LogP contribution < -0.4 is 4.90 Å². The highest BCUT2D eigenvalue weighted by Crippen LogP contribution is 2.32. The lowest BCUT2D eigenvalue weighted by Gasteiger charge is -2.34. The number of nitro benzene ring substituents is 1. The van der Waals surface area contributed by atoms with Gasteiger partial charge in [-0.2, -0.15) is 0 Å². The molecule has 96 valence electrons. The van der Waals surface area contributed by atoms with E-state index in [4.69, 9.17) is 0 Å². The van der Waals surface area contributed by atoms with Gasteiger partial charge in [0.2, 0.25) is 0 Å². The Kier molecular flexibility index (Phi) is 3.45. The highest BCUT2D eigenvalue weighted by Gasteiger charge is 2.32. The van der Waals surface area contributed by atoms with E-state index in [9.17, 15) is 20.0 Å². The highest BCUT2D eigenvalue weighted by atomic mass is 16.6. The third-order valence-corrected chi connectivity index (χ3v) is 3.18. The van der Waals surface area contributed by atoms with Gasteiger partial charge in [0.25, 0.3) is 5.69 Å². The molecular weight excluding hydrogens is 236 g/mol. The lowest BCUT2D eigenvalue weighted by Crippen LogP contribution is -2.45. The first-order chi connectivity index (χ1) is 8.61. The lowest BCUT2D eigenvalue weighted by atomic mass is 10.0. The number of aliphatic carboxylic acids is 1. The van der Waals surface area contributed by atoms with E-state index in [1.807, 2.05) is 0 Å². The zero-order chi connectivity index (χ0) is 13.1. The van der Waals surface area contributed by atoms with E-state index in [1.165, 1.54) is 6.07 Å². The second-order valence-corrected chi connectivity index (χ2v) is 4.29. The summed E-state index contributed by atoms with van der Waals surface area (Å²) >= 11 is 0. The zero-order valence-electron chi connectivity index (χ0n) is 9.78. The Labute approximate surface area is 104 Å². The number of hydrogen-bond acceptors (Lipinski definition) is 4. The first kappa shape index (κ1) is 12.3. The van der Waals surface area contributed by atoms with Gasteiger partial charge in [0.1, 0.15) is 11.7 Å². The van der Waals surface area contributed by atoms with Gasteiger partial charge in [-0.25, -0.2) is 4.79 Å². The number of para-hydroxylation sites is 2. The summed E-state index contributed by atoms with van der Waals surface area (Å²) in [6.45, 7) is 0.543. The van der Waals surface area contributed by atoms with Gasteiger partial charge in [-0.1, -0.05) is 12.1 Å². The average Bonchev–Trinajstić information content (AvgIpc) is 2.38. The Morgan fingerprint density at radius 1 is 1.39 bits per heavy atom. The molecule has 0 aromatic heterocycles. The van der Waals surface area contributed by atoms with Crippen LogP contribution in [0.2, 0.25) is 0 Å². The Morgan fingerprint density at radius 2 is 2.11 bits per heavy atom. The number of nitro groups is 1. The first-order valence-corrected chi connectivity index (χ1v) is 5.84. The second-order valence-electron chi connectivity index (χ2n) is 4.29. The van der Waals surface area contributed by atoms with Gasteiger partial charge in [0.05, 0.1) is 4.92 Å². The molecule has 0 amide bonds. The third kappa shape index (κ3) is 2.27. The molecule has 0 saturated carbocycles. The molecule has 1 aliphatic heterocycles. The van der Waals surface area contributed by atoms with Crippen LogP contribution in [0.1, 0.15) is 19.3 Å². The van der Waals surface area contributed by atoms with E-state index < -0.39 is 16.9 Å². The molecule has 0 bridgehead atoms. The van der Waals surface area contributed by atoms with Crippen LogP contribution in [0.3, 0.4) is 0 Å². The Morgan fingerprint density at radius 3 is 2.78 bits per heavy atom. The molecule has 1 saturated heterocycles. The number of anilines is 1. The summed E-state index contributed by atoms with van der Waals surface area (Å²) in [5.74, 6) is -0.923. The molecular formula is C12H14N2O4. The Balaban J connectivity index is 2.39. The fourth-order valence-corrected chi connectivity index (χ4v) is 2.34. The molecule has 1 fully saturated rings. The summed E-state index contributed by atoms with van der Waals surface area (Å²) in [6.07, 6.45) is 2.23. The molecule has 1 heterocycles. The van der Waals surface area contributed by atoms with Crippen molar-refractivity contribution in [3.8, 4) is 0 Å². The molecule has 2 rings (SSSR count). The molecule has 0 aliphatic carbocycles. The summed E-state index contributed by atoms with van der Waals surface area (Å²) in [7, 11) is 0. The zero-order valence-corrected chi connectivity index (χ0v) is 9.78. The molecule has 1 N–H and O–H groups in total. The molecule has 1 atom stereocenters. The van der Waals surface area contributed by atoms with E-state index in [-0.39, 0.29) is 5.69 Å². The van der Waals surface area contributed by atoms with Crippen molar-refractivity contribution in [3.63, 3.8) is 0 Å². The molecule has 0 unspecified atom stereocenters. The summed E-state index contributed by atoms with van der Waals surface area (Å²) in [4.78, 5) is 23.3. The maximum absolute atomic E-state index is 11.2. The number of benzene rings is 1. The number of carbonyl (C=O) groups is 1. The highest BCUT2D eigenvalue weighted by molar-refractivity contribution is 5.80. The monoisotopic (exact) mass is 250 g/mol. The molecule has 1 aromatic rings. The molecule has 1 aliphatic rings. The average molecular weight is 250 g/mol. The van der Waals surface area contributed by atoms with E-state index in [1.54, 1.807) is 23.1 Å². The maximum atomic E-state index is 11.2. The largest absolute Gasteiger partial charge is 0.480 e. The quantitative estimate of drug-likeness (QED) is 0.655. The van der Waals surface area contributed by atoms with Gasteiger partial charge in [0.15, 0.2) is 0 Å². The summed E-state index contributed by atoms with van der Waals surface area (Å²) in [5, 5.41) is 20.2. The predicted molar refractivity (Wildman–Crippen MR) is 65.7 cm³/mol. The van der Waals surface area contributed by atoms with Crippen LogP contribution in [-0.2, 0) is 4.79 Å². The SMILES string of the molecule is O=C(O)[C@@H]1CCCCN1c1ccccc1[N+](=O)[O-]. The predicted octanol–water partition coefficient (Wildman–Crippen LogP) is 2.04. The lowest BCUT2D eigenvalue weighted by molar-refractivity contribution is -0.384. The van der Waals surface area contributed by atoms with Crippen LogP contribution >= 0.6 is 0 Å². The third-order valence-electron chi connectivity index (χ3n) is 3.18. The molecule has 6 heteroatoms. The minimum Gasteiger partial charge on any atom is -0.480 e. The Bertz CT molecular complexity index is 475. The summed E-state index contributed by atoms with van der Waals surface area (Å²) in [5.41, 5.74) is 0.361. The van der Waals surface area contributed by atoms with Gasteiger partial charge in [-0.3, -0.25) is 10.1 Å². The summed E-state index contributed by atoms with van der Waals surface area (Å²) in [6, 6.07) is 5.62. The Hall–Kier alpha value is -2.11. The smallest absolute Gasteiger partial charge is 0.326 e. The van der Waals surface area contributed by atoms with E-state index in [0.29, 0.717) is 18.7 Å². The van der Waals surface area contributed by atoms with Gasteiger partial charge in [-0.15, -0.1) is 0 Å². The number of rotatable bonds is 3. The van der Waals surface area contributed by atoms with Crippen molar-refractivity contribution in [2.24, 2.45) is 0 Å². The normalized spacial score (nSPS) is 19.6. The maximum Gasteiger partial charge on any atom is 0.326 e. The van der Waals surface area contributed by atoms with Crippen molar-refractivity contribution in [1.29, 1.82) is 0 Å². The van der Waals surface area contributed by atoms with Crippen molar-refractivity contribution in [3.05, 3.63) is 34.4 Å². The number of piperidine rings is 1. The molecule has 18 heavy (non-hydrogen) atoms. The van der Waals surface area contributed by atoms with Crippen LogP contribution in [0, 0.1) is 10.1 Å². The second kappa shape index (κ2) is 5.03. The van der Waals surface area contributed by atoms with Gasteiger partial charge >= 0.3 is 5.97 Å². The minimum atomic E-state index is -0.923. The van der Waals surface area contributed by atoms with Crippen molar-refractivity contribution in [2.75, 3.05) is 11.4 Å². The van der Waals surface area contributed by atoms with E-state index in [0.717, 1.165) is 12.8 Å².